The van der Waals surface area contributed by atoms with Crippen molar-refractivity contribution in [1.82, 2.24) is 4.90 Å². The third-order valence-electron chi connectivity index (χ3n) is 6.47. The van der Waals surface area contributed by atoms with E-state index in [4.69, 9.17) is 9.47 Å². The van der Waals surface area contributed by atoms with Crippen LogP contribution < -0.4 is 9.47 Å². The van der Waals surface area contributed by atoms with E-state index in [1.165, 1.54) is 6.07 Å². The summed E-state index contributed by atoms with van der Waals surface area (Å²) in [5.74, 6) is 0.619. The standard InChI is InChI=1S/C28H28FNO4/c1-3-12-30-15-22(16-30)33-25-11-6-19(13-24(25)29)28-27(18-4-7-20(31)8-5-18)17(2)23-10-9-21(32)14-26(23)34-28/h4-11,13-14,22,28,31-32H,3,12,15-16H2,1-2H3/t28-/m1/s1. The van der Waals surface area contributed by atoms with Crippen molar-refractivity contribution in [2.45, 2.75) is 32.5 Å². The number of fused-ring (bicyclic) bond motifs is 1. The average molecular weight is 462 g/mol. The maximum atomic E-state index is 15.1. The molecule has 0 bridgehead atoms. The van der Waals surface area contributed by atoms with Gasteiger partial charge in [0.15, 0.2) is 11.6 Å². The number of phenols is 2. The molecule has 5 rings (SSSR count). The van der Waals surface area contributed by atoms with Gasteiger partial charge in [-0.2, -0.15) is 0 Å². The summed E-state index contributed by atoms with van der Waals surface area (Å²) in [6.07, 6.45) is 0.502. The topological polar surface area (TPSA) is 62.2 Å². The lowest BCUT2D eigenvalue weighted by Crippen LogP contribution is -2.53. The first-order valence-electron chi connectivity index (χ1n) is 11.6. The second-order valence-corrected chi connectivity index (χ2v) is 8.95. The number of halogens is 1. The lowest BCUT2D eigenvalue weighted by atomic mass is 9.86. The van der Waals surface area contributed by atoms with Crippen molar-refractivity contribution in [3.05, 3.63) is 83.2 Å². The van der Waals surface area contributed by atoms with Gasteiger partial charge in [0.2, 0.25) is 0 Å². The zero-order chi connectivity index (χ0) is 23.8. The van der Waals surface area contributed by atoms with E-state index in [2.05, 4.69) is 11.8 Å². The van der Waals surface area contributed by atoms with E-state index in [-0.39, 0.29) is 23.4 Å². The molecule has 1 atom stereocenters. The molecule has 2 aliphatic heterocycles. The summed E-state index contributed by atoms with van der Waals surface area (Å²) >= 11 is 0. The third kappa shape index (κ3) is 4.21. The molecule has 0 spiro atoms. The van der Waals surface area contributed by atoms with Gasteiger partial charge >= 0.3 is 0 Å². The molecule has 0 unspecified atom stereocenters. The van der Waals surface area contributed by atoms with Gasteiger partial charge < -0.3 is 19.7 Å². The first-order valence-corrected chi connectivity index (χ1v) is 11.6. The quantitative estimate of drug-likeness (QED) is 0.488. The second kappa shape index (κ2) is 9.03. The van der Waals surface area contributed by atoms with Crippen LogP contribution in [-0.2, 0) is 0 Å². The number of rotatable bonds is 6. The Morgan fingerprint density at radius 2 is 1.74 bits per heavy atom. The second-order valence-electron chi connectivity index (χ2n) is 8.95. The van der Waals surface area contributed by atoms with E-state index in [0.29, 0.717) is 11.3 Å². The number of likely N-dealkylation sites (tertiary alicyclic amines) is 1. The fraction of sp³-hybridized carbons (Fsp3) is 0.286. The molecular formula is C28H28FNO4. The minimum atomic E-state index is -0.592. The molecule has 0 amide bonds. The molecule has 0 saturated carbocycles. The molecule has 34 heavy (non-hydrogen) atoms. The van der Waals surface area contributed by atoms with E-state index >= 15 is 4.39 Å². The molecule has 1 saturated heterocycles. The van der Waals surface area contributed by atoms with Crippen LogP contribution in [0.4, 0.5) is 4.39 Å². The minimum Gasteiger partial charge on any atom is -0.508 e. The zero-order valence-corrected chi connectivity index (χ0v) is 19.3. The Morgan fingerprint density at radius 3 is 2.44 bits per heavy atom. The lowest BCUT2D eigenvalue weighted by Gasteiger charge is -2.38. The Labute approximate surface area is 198 Å². The number of aromatic hydroxyl groups is 2. The molecule has 2 N–H and O–H groups in total. The molecule has 3 aromatic rings. The largest absolute Gasteiger partial charge is 0.508 e. The highest BCUT2D eigenvalue weighted by Gasteiger charge is 2.31. The van der Waals surface area contributed by atoms with Crippen molar-refractivity contribution in [3.8, 4) is 23.0 Å². The monoisotopic (exact) mass is 461 g/mol. The molecule has 3 aromatic carbocycles. The van der Waals surface area contributed by atoms with Gasteiger partial charge in [-0.05, 0) is 67.4 Å². The molecule has 0 aliphatic carbocycles. The molecule has 1 fully saturated rings. The van der Waals surface area contributed by atoms with Crippen LogP contribution in [0.1, 0.15) is 43.1 Å². The van der Waals surface area contributed by atoms with Crippen LogP contribution in [0.3, 0.4) is 0 Å². The van der Waals surface area contributed by atoms with Crippen LogP contribution in [0.5, 0.6) is 23.0 Å². The molecule has 176 valence electrons. The van der Waals surface area contributed by atoms with Crippen LogP contribution in [0.2, 0.25) is 0 Å². The zero-order valence-electron chi connectivity index (χ0n) is 19.3. The van der Waals surface area contributed by atoms with Gasteiger partial charge in [0.25, 0.3) is 0 Å². The molecule has 0 aromatic heterocycles. The molecule has 2 heterocycles. The first-order chi connectivity index (χ1) is 16.4. The van der Waals surface area contributed by atoms with Crippen molar-refractivity contribution in [2.75, 3.05) is 19.6 Å². The number of allylic oxidation sites excluding steroid dienone is 1. The molecular weight excluding hydrogens is 433 g/mol. The number of phenolic OH excluding ortho intramolecular Hbond substituents is 2. The fourth-order valence-corrected chi connectivity index (χ4v) is 4.74. The summed E-state index contributed by atoms with van der Waals surface area (Å²) in [5.41, 5.74) is 4.20. The summed E-state index contributed by atoms with van der Waals surface area (Å²) in [4.78, 5) is 2.29. The Morgan fingerprint density at radius 1 is 1.00 bits per heavy atom. The number of benzene rings is 3. The minimum absolute atomic E-state index is 0.00220. The van der Waals surface area contributed by atoms with Crippen LogP contribution >= 0.6 is 0 Å². The Kier molecular flexibility index (Phi) is 5.92. The van der Waals surface area contributed by atoms with Crippen molar-refractivity contribution < 1.29 is 24.1 Å². The predicted octanol–water partition coefficient (Wildman–Crippen LogP) is 5.77. The molecule has 5 nitrogen and oxygen atoms in total. The fourth-order valence-electron chi connectivity index (χ4n) is 4.74. The van der Waals surface area contributed by atoms with Gasteiger partial charge in [-0.25, -0.2) is 4.39 Å². The summed E-state index contributed by atoms with van der Waals surface area (Å²) < 4.78 is 27.3. The van der Waals surface area contributed by atoms with Crippen molar-refractivity contribution in [1.29, 1.82) is 0 Å². The van der Waals surface area contributed by atoms with Gasteiger partial charge in [0.1, 0.15) is 29.5 Å². The Bertz CT molecular complexity index is 1230. The van der Waals surface area contributed by atoms with Gasteiger partial charge in [-0.1, -0.05) is 25.1 Å². The van der Waals surface area contributed by atoms with Crippen LogP contribution in [0, 0.1) is 5.82 Å². The highest BCUT2D eigenvalue weighted by Crippen LogP contribution is 2.47. The van der Waals surface area contributed by atoms with Crippen LogP contribution in [0.15, 0.2) is 60.7 Å². The number of nitrogens with zero attached hydrogens (tertiary/aromatic N) is 1. The van der Waals surface area contributed by atoms with Crippen LogP contribution in [0.25, 0.3) is 11.1 Å². The first kappa shape index (κ1) is 22.3. The smallest absolute Gasteiger partial charge is 0.165 e. The number of hydrogen-bond acceptors (Lipinski definition) is 5. The van der Waals surface area contributed by atoms with E-state index in [1.54, 1.807) is 30.3 Å². The Hall–Kier alpha value is -3.51. The SMILES string of the molecule is CCCN1CC(Oc2ccc([C@H]3Oc4cc(O)ccc4C(C)=C3c3ccc(O)cc3)cc2F)C1. The number of hydrogen-bond donors (Lipinski definition) is 2. The van der Waals surface area contributed by atoms with Gasteiger partial charge in [0, 0.05) is 35.9 Å². The van der Waals surface area contributed by atoms with Crippen molar-refractivity contribution in [2.24, 2.45) is 0 Å². The van der Waals surface area contributed by atoms with Gasteiger partial charge in [-0.3, -0.25) is 4.90 Å². The van der Waals surface area contributed by atoms with Crippen molar-refractivity contribution in [3.63, 3.8) is 0 Å². The van der Waals surface area contributed by atoms with Crippen molar-refractivity contribution >= 4 is 11.1 Å². The average Bonchev–Trinajstić information content (AvgIpc) is 2.79. The van der Waals surface area contributed by atoms with Gasteiger partial charge in [-0.15, -0.1) is 0 Å². The highest BCUT2D eigenvalue weighted by atomic mass is 19.1. The summed E-state index contributed by atoms with van der Waals surface area (Å²) in [5, 5.41) is 19.7. The normalized spacial score (nSPS) is 18.3. The van der Waals surface area contributed by atoms with E-state index < -0.39 is 11.9 Å². The van der Waals surface area contributed by atoms with Gasteiger partial charge in [0.05, 0.1) is 0 Å². The lowest BCUT2D eigenvalue weighted by molar-refractivity contribution is 0.0179. The Balaban J connectivity index is 1.48. The maximum absolute atomic E-state index is 15.1. The summed E-state index contributed by atoms with van der Waals surface area (Å²) in [6, 6.07) is 16.9. The molecule has 2 aliphatic rings. The van der Waals surface area contributed by atoms with E-state index in [0.717, 1.165) is 48.3 Å². The van der Waals surface area contributed by atoms with E-state index in [1.807, 2.05) is 31.2 Å². The summed E-state index contributed by atoms with van der Waals surface area (Å²) in [7, 11) is 0. The highest BCUT2D eigenvalue weighted by molar-refractivity contribution is 5.95. The van der Waals surface area contributed by atoms with Crippen LogP contribution in [-0.4, -0.2) is 40.9 Å². The predicted molar refractivity (Wildman–Crippen MR) is 130 cm³/mol. The molecule has 6 heteroatoms. The maximum Gasteiger partial charge on any atom is 0.165 e. The summed E-state index contributed by atoms with van der Waals surface area (Å²) in [6.45, 7) is 6.79. The van der Waals surface area contributed by atoms with E-state index in [9.17, 15) is 10.2 Å². The number of ether oxygens (including phenoxy) is 2. The molecule has 0 radical (unpaired) electrons. The third-order valence-corrected chi connectivity index (χ3v) is 6.47.